The minimum absolute atomic E-state index is 0.813. The third-order valence-corrected chi connectivity index (χ3v) is 4.33. The Morgan fingerprint density at radius 1 is 1.21 bits per heavy atom. The Morgan fingerprint density at radius 2 is 1.95 bits per heavy atom. The van der Waals surface area contributed by atoms with Crippen LogP contribution in [0.3, 0.4) is 0 Å². The highest BCUT2D eigenvalue weighted by atomic mass is 35.5. The molecule has 3 heteroatoms. The molecule has 0 aromatic heterocycles. The van der Waals surface area contributed by atoms with Gasteiger partial charge in [0.1, 0.15) is 0 Å². The molecule has 0 spiro atoms. The summed E-state index contributed by atoms with van der Waals surface area (Å²) >= 11 is 6.27. The number of rotatable bonds is 5. The maximum Gasteiger partial charge on any atom is 0.0786 e. The summed E-state index contributed by atoms with van der Waals surface area (Å²) in [6.45, 7) is 1.05. The van der Waals surface area contributed by atoms with Gasteiger partial charge < -0.3 is 10.2 Å². The Kier molecular flexibility index (Phi) is 5.38. The second-order valence-electron chi connectivity index (χ2n) is 5.75. The second kappa shape index (κ2) is 7.04. The smallest absolute Gasteiger partial charge is 0.0786 e. The first-order valence-corrected chi connectivity index (χ1v) is 7.76. The Hall–Kier alpha value is -0.890. The normalized spacial score (nSPS) is 16.4. The van der Waals surface area contributed by atoms with Crippen LogP contribution in [0.5, 0.6) is 0 Å². The molecule has 0 saturated heterocycles. The van der Waals surface area contributed by atoms with Crippen molar-refractivity contribution in [3.8, 4) is 0 Å². The predicted octanol–water partition coefficient (Wildman–Crippen LogP) is 4.79. The van der Waals surface area contributed by atoms with Crippen LogP contribution in [0.15, 0.2) is 18.2 Å². The highest BCUT2D eigenvalue weighted by Gasteiger charge is 2.13. The van der Waals surface area contributed by atoms with Crippen LogP contribution in [0.4, 0.5) is 11.4 Å². The van der Waals surface area contributed by atoms with E-state index in [1.807, 2.05) is 26.2 Å². The van der Waals surface area contributed by atoms with Crippen LogP contribution < -0.4 is 10.2 Å². The number of halogens is 1. The lowest BCUT2D eigenvalue weighted by molar-refractivity contribution is 0.345. The summed E-state index contributed by atoms with van der Waals surface area (Å²) in [5.41, 5.74) is 2.24. The summed E-state index contributed by atoms with van der Waals surface area (Å²) < 4.78 is 0. The van der Waals surface area contributed by atoms with Crippen LogP contribution in [-0.2, 0) is 0 Å². The molecule has 0 unspecified atom stereocenters. The van der Waals surface area contributed by atoms with Crippen LogP contribution >= 0.6 is 11.6 Å². The van der Waals surface area contributed by atoms with Gasteiger partial charge in [-0.25, -0.2) is 0 Å². The minimum atomic E-state index is 0.813. The van der Waals surface area contributed by atoms with Gasteiger partial charge >= 0.3 is 0 Å². The van der Waals surface area contributed by atoms with Crippen LogP contribution in [0.2, 0.25) is 5.02 Å². The first kappa shape index (κ1) is 14.5. The molecule has 1 saturated carbocycles. The lowest BCUT2D eigenvalue weighted by Crippen LogP contribution is -2.15. The van der Waals surface area contributed by atoms with E-state index in [1.54, 1.807) is 0 Å². The van der Waals surface area contributed by atoms with Gasteiger partial charge in [-0.3, -0.25) is 0 Å². The number of hydrogen-bond acceptors (Lipinski definition) is 2. The standard InChI is InChI=1S/C16H25ClN2/c1-19(2)16-14(17)9-6-10-15(16)18-12-11-13-7-4-3-5-8-13/h6,9-10,13,18H,3-5,7-8,11-12H2,1-2H3. The van der Waals surface area contributed by atoms with Crippen molar-refractivity contribution >= 4 is 23.0 Å². The predicted molar refractivity (Wildman–Crippen MR) is 85.5 cm³/mol. The average Bonchev–Trinajstić information content (AvgIpc) is 2.39. The van der Waals surface area contributed by atoms with Crippen molar-refractivity contribution in [2.45, 2.75) is 38.5 Å². The van der Waals surface area contributed by atoms with Crippen molar-refractivity contribution in [3.63, 3.8) is 0 Å². The molecule has 2 nitrogen and oxygen atoms in total. The van der Waals surface area contributed by atoms with Crippen molar-refractivity contribution in [3.05, 3.63) is 23.2 Å². The number of para-hydroxylation sites is 1. The van der Waals surface area contributed by atoms with Crippen molar-refractivity contribution < 1.29 is 0 Å². The fraction of sp³-hybridized carbons (Fsp3) is 0.625. The average molecular weight is 281 g/mol. The van der Waals surface area contributed by atoms with Crippen molar-refractivity contribution in [2.75, 3.05) is 30.9 Å². The summed E-state index contributed by atoms with van der Waals surface area (Å²) in [7, 11) is 4.07. The van der Waals surface area contributed by atoms with Gasteiger partial charge in [0.05, 0.1) is 16.4 Å². The van der Waals surface area contributed by atoms with Gasteiger partial charge in [-0.15, -0.1) is 0 Å². The number of anilines is 2. The van der Waals surface area contributed by atoms with Crippen LogP contribution in [0.25, 0.3) is 0 Å². The van der Waals surface area contributed by atoms with E-state index in [2.05, 4.69) is 16.3 Å². The number of nitrogens with zero attached hydrogens (tertiary/aromatic N) is 1. The lowest BCUT2D eigenvalue weighted by atomic mass is 9.87. The zero-order chi connectivity index (χ0) is 13.7. The fourth-order valence-corrected chi connectivity index (χ4v) is 3.34. The number of benzene rings is 1. The monoisotopic (exact) mass is 280 g/mol. The summed E-state index contributed by atoms with van der Waals surface area (Å²) in [6.07, 6.45) is 8.38. The summed E-state index contributed by atoms with van der Waals surface area (Å²) in [6, 6.07) is 6.07. The molecule has 106 valence electrons. The van der Waals surface area contributed by atoms with Gasteiger partial charge in [0.25, 0.3) is 0 Å². The van der Waals surface area contributed by atoms with E-state index >= 15 is 0 Å². The van der Waals surface area contributed by atoms with E-state index in [9.17, 15) is 0 Å². The first-order valence-electron chi connectivity index (χ1n) is 7.38. The molecule has 0 atom stereocenters. The molecule has 1 fully saturated rings. The molecule has 1 N–H and O–H groups in total. The topological polar surface area (TPSA) is 15.3 Å². The van der Waals surface area contributed by atoms with E-state index in [1.165, 1.54) is 38.5 Å². The van der Waals surface area contributed by atoms with Gasteiger partial charge in [-0.1, -0.05) is 49.8 Å². The largest absolute Gasteiger partial charge is 0.383 e. The van der Waals surface area contributed by atoms with Gasteiger partial charge in [0.15, 0.2) is 0 Å². The zero-order valence-corrected chi connectivity index (χ0v) is 12.8. The van der Waals surface area contributed by atoms with Crippen molar-refractivity contribution in [2.24, 2.45) is 5.92 Å². The Morgan fingerprint density at radius 3 is 2.63 bits per heavy atom. The molecule has 0 heterocycles. The van der Waals surface area contributed by atoms with Crippen LogP contribution in [0.1, 0.15) is 38.5 Å². The highest BCUT2D eigenvalue weighted by Crippen LogP contribution is 2.33. The van der Waals surface area contributed by atoms with Gasteiger partial charge in [-0.05, 0) is 24.5 Å². The molecule has 1 aromatic carbocycles. The molecule has 0 aliphatic heterocycles. The molecule has 0 bridgehead atoms. The van der Waals surface area contributed by atoms with E-state index in [0.717, 1.165) is 28.9 Å². The Balaban J connectivity index is 1.90. The molecule has 19 heavy (non-hydrogen) atoms. The zero-order valence-electron chi connectivity index (χ0n) is 12.1. The van der Waals surface area contributed by atoms with E-state index < -0.39 is 0 Å². The van der Waals surface area contributed by atoms with Gasteiger partial charge in [0.2, 0.25) is 0 Å². The maximum absolute atomic E-state index is 6.27. The molecule has 1 aliphatic rings. The number of hydrogen-bond donors (Lipinski definition) is 1. The fourth-order valence-electron chi connectivity index (χ4n) is 3.00. The summed E-state index contributed by atoms with van der Waals surface area (Å²) in [4.78, 5) is 2.07. The third kappa shape index (κ3) is 4.04. The Bertz CT molecular complexity index is 398. The van der Waals surface area contributed by atoms with Crippen LogP contribution in [-0.4, -0.2) is 20.6 Å². The van der Waals surface area contributed by atoms with Gasteiger partial charge in [0, 0.05) is 20.6 Å². The highest BCUT2D eigenvalue weighted by molar-refractivity contribution is 6.34. The second-order valence-corrected chi connectivity index (χ2v) is 6.16. The molecule has 1 aromatic rings. The molecular weight excluding hydrogens is 256 g/mol. The van der Waals surface area contributed by atoms with Crippen molar-refractivity contribution in [1.82, 2.24) is 0 Å². The molecular formula is C16H25ClN2. The van der Waals surface area contributed by atoms with Crippen molar-refractivity contribution in [1.29, 1.82) is 0 Å². The van der Waals surface area contributed by atoms with Gasteiger partial charge in [-0.2, -0.15) is 0 Å². The Labute approximate surface area is 122 Å². The number of nitrogens with one attached hydrogen (secondary N) is 1. The lowest BCUT2D eigenvalue weighted by Gasteiger charge is -2.23. The molecule has 0 radical (unpaired) electrons. The molecule has 1 aliphatic carbocycles. The van der Waals surface area contributed by atoms with E-state index in [0.29, 0.717) is 0 Å². The molecule has 2 rings (SSSR count). The SMILES string of the molecule is CN(C)c1c(Cl)cccc1NCCC1CCCCC1. The van der Waals surface area contributed by atoms with E-state index in [4.69, 9.17) is 11.6 Å². The molecule has 0 amide bonds. The quantitative estimate of drug-likeness (QED) is 0.834. The summed E-state index contributed by atoms with van der Waals surface area (Å²) in [5, 5.41) is 4.37. The minimum Gasteiger partial charge on any atom is -0.383 e. The maximum atomic E-state index is 6.27. The summed E-state index contributed by atoms with van der Waals surface area (Å²) in [5.74, 6) is 0.920. The van der Waals surface area contributed by atoms with E-state index in [-0.39, 0.29) is 0 Å². The van der Waals surface area contributed by atoms with Crippen LogP contribution in [0, 0.1) is 5.92 Å². The first-order chi connectivity index (χ1) is 9.18. The third-order valence-electron chi connectivity index (χ3n) is 4.03.